The Morgan fingerprint density at radius 1 is 1.09 bits per heavy atom. The van der Waals surface area contributed by atoms with Crippen LogP contribution in [0.1, 0.15) is 49.9 Å². The average molecular weight is 309 g/mol. The van der Waals surface area contributed by atoms with E-state index in [1.807, 2.05) is 0 Å². The van der Waals surface area contributed by atoms with Crippen molar-refractivity contribution >= 4 is 17.8 Å². The van der Waals surface area contributed by atoms with Crippen molar-refractivity contribution in [2.75, 3.05) is 18.9 Å². The summed E-state index contributed by atoms with van der Waals surface area (Å²) in [5.41, 5.74) is 6.23. The molecule has 0 radical (unpaired) electrons. The summed E-state index contributed by atoms with van der Waals surface area (Å²) in [5.74, 6) is -0.413. The highest BCUT2D eigenvalue weighted by Gasteiger charge is 2.13. The predicted octanol–water partition coefficient (Wildman–Crippen LogP) is 3.54. The van der Waals surface area contributed by atoms with E-state index in [9.17, 15) is 9.59 Å². The van der Waals surface area contributed by atoms with Gasteiger partial charge in [0.2, 0.25) is 0 Å². The Morgan fingerprint density at radius 3 is 2.55 bits per heavy atom. The summed E-state index contributed by atoms with van der Waals surface area (Å²) >= 11 is 0. The molecule has 0 aliphatic rings. The molecule has 0 unspecified atom stereocenters. The molecule has 0 saturated heterocycles. The first kappa shape index (κ1) is 17.8. The van der Waals surface area contributed by atoms with Crippen LogP contribution in [0.4, 0.5) is 10.5 Å². The third kappa shape index (κ3) is 6.03. The monoisotopic (exact) mass is 309 g/mol. The molecule has 0 fully saturated rings. The maximum atomic E-state index is 11.6. The van der Waals surface area contributed by atoms with Crippen molar-refractivity contribution in [1.29, 1.82) is 0 Å². The van der Waals surface area contributed by atoms with Gasteiger partial charge in [-0.1, -0.05) is 26.2 Å². The zero-order valence-electron chi connectivity index (χ0n) is 13.1. The third-order valence-corrected chi connectivity index (χ3v) is 2.94. The maximum Gasteiger partial charge on any atom is 0.513 e. The smallest absolute Gasteiger partial charge is 0.462 e. The van der Waals surface area contributed by atoms with Crippen molar-refractivity contribution in [3.63, 3.8) is 0 Å². The first-order chi connectivity index (χ1) is 10.6. The summed E-state index contributed by atoms with van der Waals surface area (Å²) in [7, 11) is 0. The van der Waals surface area contributed by atoms with E-state index in [2.05, 4.69) is 6.92 Å². The van der Waals surface area contributed by atoms with Gasteiger partial charge in [0, 0.05) is 0 Å². The molecule has 0 heterocycles. The zero-order chi connectivity index (χ0) is 16.4. The molecule has 1 rings (SSSR count). The SMILES string of the molecule is CCCCCCOC(=O)Oc1cc(C(=O)OCC)ccc1N. The van der Waals surface area contributed by atoms with Crippen molar-refractivity contribution in [3.05, 3.63) is 23.8 Å². The number of nitrogens with two attached hydrogens (primary N) is 1. The maximum absolute atomic E-state index is 11.6. The summed E-state index contributed by atoms with van der Waals surface area (Å²) in [5, 5.41) is 0. The van der Waals surface area contributed by atoms with E-state index in [-0.39, 0.29) is 23.6 Å². The molecule has 0 bridgehead atoms. The lowest BCUT2D eigenvalue weighted by molar-refractivity contribution is 0.0525. The van der Waals surface area contributed by atoms with Gasteiger partial charge in [0.1, 0.15) is 0 Å². The standard InChI is InChI=1S/C16H23NO5/c1-3-5-6-7-10-21-16(19)22-14-11-12(8-9-13(14)17)15(18)20-4-2/h8-9,11H,3-7,10,17H2,1-2H3. The second-order valence-corrected chi connectivity index (χ2v) is 4.73. The van der Waals surface area contributed by atoms with Gasteiger partial charge in [-0.2, -0.15) is 0 Å². The first-order valence-electron chi connectivity index (χ1n) is 7.49. The van der Waals surface area contributed by atoms with E-state index in [4.69, 9.17) is 19.9 Å². The number of unbranched alkanes of at least 4 members (excludes halogenated alkanes) is 3. The lowest BCUT2D eigenvalue weighted by Crippen LogP contribution is -2.13. The van der Waals surface area contributed by atoms with E-state index in [1.165, 1.54) is 18.2 Å². The fourth-order valence-electron chi connectivity index (χ4n) is 1.77. The molecule has 22 heavy (non-hydrogen) atoms. The number of ether oxygens (including phenoxy) is 3. The van der Waals surface area contributed by atoms with Gasteiger partial charge in [-0.3, -0.25) is 0 Å². The van der Waals surface area contributed by atoms with Crippen LogP contribution in [0.5, 0.6) is 5.75 Å². The van der Waals surface area contributed by atoms with Crippen LogP contribution >= 0.6 is 0 Å². The Kier molecular flexibility index (Phi) is 7.81. The van der Waals surface area contributed by atoms with Crippen molar-refractivity contribution in [2.24, 2.45) is 0 Å². The number of carbonyl (C=O) groups is 2. The minimum Gasteiger partial charge on any atom is -0.462 e. The second-order valence-electron chi connectivity index (χ2n) is 4.73. The number of carbonyl (C=O) groups excluding carboxylic acids is 2. The summed E-state index contributed by atoms with van der Waals surface area (Å²) in [6.07, 6.45) is 3.18. The van der Waals surface area contributed by atoms with E-state index in [1.54, 1.807) is 6.92 Å². The Balaban J connectivity index is 2.55. The van der Waals surface area contributed by atoms with Crippen LogP contribution in [0.3, 0.4) is 0 Å². The molecule has 0 aliphatic carbocycles. The largest absolute Gasteiger partial charge is 0.513 e. The molecule has 6 nitrogen and oxygen atoms in total. The lowest BCUT2D eigenvalue weighted by atomic mass is 10.2. The van der Waals surface area contributed by atoms with Gasteiger partial charge in [-0.15, -0.1) is 0 Å². The van der Waals surface area contributed by atoms with Gasteiger partial charge in [-0.05, 0) is 31.5 Å². The molecular weight excluding hydrogens is 286 g/mol. The van der Waals surface area contributed by atoms with Crippen molar-refractivity contribution in [3.8, 4) is 5.75 Å². The van der Waals surface area contributed by atoms with Gasteiger partial charge < -0.3 is 19.9 Å². The molecule has 6 heteroatoms. The number of hydrogen-bond acceptors (Lipinski definition) is 6. The predicted molar refractivity (Wildman–Crippen MR) is 82.9 cm³/mol. The van der Waals surface area contributed by atoms with Crippen LogP contribution in [-0.4, -0.2) is 25.3 Å². The van der Waals surface area contributed by atoms with E-state index < -0.39 is 12.1 Å². The second kappa shape index (κ2) is 9.65. The van der Waals surface area contributed by atoms with Crippen LogP contribution in [0.2, 0.25) is 0 Å². The molecule has 0 amide bonds. The Hall–Kier alpha value is -2.24. The van der Waals surface area contributed by atoms with Gasteiger partial charge in [0.25, 0.3) is 0 Å². The van der Waals surface area contributed by atoms with Crippen molar-refractivity contribution in [2.45, 2.75) is 39.5 Å². The average Bonchev–Trinajstić information content (AvgIpc) is 2.49. The molecule has 0 aromatic heterocycles. The highest BCUT2D eigenvalue weighted by Crippen LogP contribution is 2.23. The summed E-state index contributed by atoms with van der Waals surface area (Å²) in [6, 6.07) is 4.36. The van der Waals surface area contributed by atoms with Crippen LogP contribution in [-0.2, 0) is 9.47 Å². The van der Waals surface area contributed by atoms with Gasteiger partial charge >= 0.3 is 12.1 Å². The number of esters is 1. The van der Waals surface area contributed by atoms with Gasteiger partial charge in [0.15, 0.2) is 5.75 Å². The Morgan fingerprint density at radius 2 is 1.86 bits per heavy atom. The van der Waals surface area contributed by atoms with E-state index in [0.29, 0.717) is 6.61 Å². The number of rotatable bonds is 8. The number of nitrogen functional groups attached to an aromatic ring is 1. The normalized spacial score (nSPS) is 10.1. The molecular formula is C16H23NO5. The fraction of sp³-hybridized carbons (Fsp3) is 0.500. The fourth-order valence-corrected chi connectivity index (χ4v) is 1.77. The third-order valence-electron chi connectivity index (χ3n) is 2.94. The van der Waals surface area contributed by atoms with Crippen molar-refractivity contribution in [1.82, 2.24) is 0 Å². The Bertz CT molecular complexity index is 501. The summed E-state index contributed by atoms with van der Waals surface area (Å²) in [6.45, 7) is 4.38. The summed E-state index contributed by atoms with van der Waals surface area (Å²) in [4.78, 5) is 23.2. The van der Waals surface area contributed by atoms with Gasteiger partial charge in [0.05, 0.1) is 24.5 Å². The molecule has 0 spiro atoms. The molecule has 2 N–H and O–H groups in total. The Labute approximate surface area is 130 Å². The van der Waals surface area contributed by atoms with Crippen molar-refractivity contribution < 1.29 is 23.8 Å². The molecule has 0 saturated carbocycles. The molecule has 1 aromatic carbocycles. The highest BCUT2D eigenvalue weighted by atomic mass is 16.7. The molecule has 0 aliphatic heterocycles. The van der Waals surface area contributed by atoms with Crippen LogP contribution in [0.15, 0.2) is 18.2 Å². The molecule has 1 aromatic rings. The molecule has 122 valence electrons. The minimum absolute atomic E-state index is 0.0871. The number of benzene rings is 1. The highest BCUT2D eigenvalue weighted by molar-refractivity contribution is 5.91. The van der Waals surface area contributed by atoms with Crippen LogP contribution < -0.4 is 10.5 Å². The van der Waals surface area contributed by atoms with Crippen LogP contribution in [0.25, 0.3) is 0 Å². The van der Waals surface area contributed by atoms with Gasteiger partial charge in [-0.25, -0.2) is 9.59 Å². The molecule has 0 atom stereocenters. The van der Waals surface area contributed by atoms with E-state index >= 15 is 0 Å². The number of anilines is 1. The lowest BCUT2D eigenvalue weighted by Gasteiger charge is -2.09. The number of hydrogen-bond donors (Lipinski definition) is 1. The summed E-state index contributed by atoms with van der Waals surface area (Å²) < 4.78 is 14.9. The quantitative estimate of drug-likeness (QED) is 0.342. The topological polar surface area (TPSA) is 87.8 Å². The minimum atomic E-state index is -0.829. The van der Waals surface area contributed by atoms with E-state index in [0.717, 1.165) is 25.7 Å². The first-order valence-corrected chi connectivity index (χ1v) is 7.49. The van der Waals surface area contributed by atoms with Crippen LogP contribution in [0, 0.1) is 0 Å². The zero-order valence-corrected chi connectivity index (χ0v) is 13.1.